The van der Waals surface area contributed by atoms with Gasteiger partial charge in [-0.15, -0.1) is 13.2 Å². The van der Waals surface area contributed by atoms with Crippen molar-refractivity contribution in [1.29, 1.82) is 0 Å². The maximum absolute atomic E-state index is 12.3. The first-order valence-corrected chi connectivity index (χ1v) is 7.55. The van der Waals surface area contributed by atoms with Crippen molar-refractivity contribution in [1.82, 2.24) is 10.8 Å². The smallest absolute Gasteiger partial charge is 0.406 e. The van der Waals surface area contributed by atoms with E-state index in [1.165, 1.54) is 17.6 Å². The molecule has 0 saturated heterocycles. The third-order valence-electron chi connectivity index (χ3n) is 3.49. The fourth-order valence-corrected chi connectivity index (χ4v) is 2.23. The Morgan fingerprint density at radius 2 is 1.59 bits per heavy atom. The summed E-state index contributed by atoms with van der Waals surface area (Å²) < 4.78 is 40.2. The zero-order valence-electron chi connectivity index (χ0n) is 13.6. The van der Waals surface area contributed by atoms with Crippen LogP contribution in [0.3, 0.4) is 0 Å². The van der Waals surface area contributed by atoms with Crippen LogP contribution in [0.25, 0.3) is 0 Å². The molecule has 0 aromatic heterocycles. The van der Waals surface area contributed by atoms with Gasteiger partial charge in [-0.25, -0.2) is 5.48 Å². The predicted octanol–water partition coefficient (Wildman–Crippen LogP) is 1.92. The maximum Gasteiger partial charge on any atom is 0.573 e. The maximum atomic E-state index is 12.3. The Morgan fingerprint density at radius 1 is 1.00 bits per heavy atom. The highest BCUT2D eigenvalue weighted by molar-refractivity contribution is 5.97. The van der Waals surface area contributed by atoms with Gasteiger partial charge in [0.05, 0.1) is 0 Å². The van der Waals surface area contributed by atoms with E-state index in [2.05, 4.69) is 10.1 Å². The molecular weight excluding hydrogens is 369 g/mol. The minimum Gasteiger partial charge on any atom is -0.406 e. The van der Waals surface area contributed by atoms with E-state index in [9.17, 15) is 27.9 Å². The highest BCUT2D eigenvalue weighted by atomic mass is 19.4. The summed E-state index contributed by atoms with van der Waals surface area (Å²) in [6.45, 7) is 0. The fraction of sp³-hybridized carbons (Fsp3) is 0.176. The highest BCUT2D eigenvalue weighted by Gasteiger charge is 2.32. The van der Waals surface area contributed by atoms with Crippen LogP contribution in [0.15, 0.2) is 54.6 Å². The van der Waals surface area contributed by atoms with Gasteiger partial charge in [0.25, 0.3) is 11.8 Å². The van der Waals surface area contributed by atoms with E-state index in [1.54, 1.807) is 18.2 Å². The Bertz CT molecular complexity index is 781. The number of carbonyl (C=O) groups is 2. The summed E-state index contributed by atoms with van der Waals surface area (Å²) in [4.78, 5) is 24.1. The second kappa shape index (κ2) is 8.52. The number of benzene rings is 2. The average Bonchev–Trinajstić information content (AvgIpc) is 2.64. The number of hydroxylamine groups is 1. The number of halogens is 3. The van der Waals surface area contributed by atoms with Crippen molar-refractivity contribution >= 4 is 11.8 Å². The summed E-state index contributed by atoms with van der Waals surface area (Å²) in [7, 11) is 0. The van der Waals surface area contributed by atoms with Gasteiger partial charge in [0, 0.05) is 5.56 Å². The predicted molar refractivity (Wildman–Crippen MR) is 85.7 cm³/mol. The molecule has 27 heavy (non-hydrogen) atoms. The van der Waals surface area contributed by atoms with Gasteiger partial charge >= 0.3 is 6.36 Å². The molecule has 0 bridgehead atoms. The van der Waals surface area contributed by atoms with Crippen LogP contribution in [0.5, 0.6) is 5.75 Å². The molecule has 0 radical (unpaired) electrons. The molecule has 2 atom stereocenters. The Hall–Kier alpha value is -3.11. The lowest BCUT2D eigenvalue weighted by molar-refractivity contribution is -0.274. The van der Waals surface area contributed by atoms with E-state index in [-0.39, 0.29) is 5.56 Å². The van der Waals surface area contributed by atoms with Crippen molar-refractivity contribution in [2.75, 3.05) is 0 Å². The van der Waals surface area contributed by atoms with Crippen molar-refractivity contribution in [2.45, 2.75) is 18.5 Å². The van der Waals surface area contributed by atoms with Gasteiger partial charge in [-0.1, -0.05) is 30.3 Å². The SMILES string of the molecule is O=C(NC(C(=O)NO)C(O)c1ccccc1)c1ccc(OC(F)(F)F)cc1. The second-order valence-corrected chi connectivity index (χ2v) is 5.35. The molecule has 10 heteroatoms. The van der Waals surface area contributed by atoms with Gasteiger partial charge in [-0.2, -0.15) is 0 Å². The lowest BCUT2D eigenvalue weighted by Gasteiger charge is -2.22. The van der Waals surface area contributed by atoms with Crippen LogP contribution in [0.2, 0.25) is 0 Å². The molecule has 2 rings (SSSR count). The quantitative estimate of drug-likeness (QED) is 0.450. The van der Waals surface area contributed by atoms with Gasteiger partial charge in [-0.05, 0) is 29.8 Å². The first kappa shape index (κ1) is 20.2. The van der Waals surface area contributed by atoms with E-state index in [4.69, 9.17) is 5.21 Å². The van der Waals surface area contributed by atoms with Crippen LogP contribution in [-0.4, -0.2) is 34.5 Å². The molecule has 4 N–H and O–H groups in total. The normalized spacial score (nSPS) is 13.4. The number of nitrogens with one attached hydrogen (secondary N) is 2. The number of alkyl halides is 3. The summed E-state index contributed by atoms with van der Waals surface area (Å²) in [5.74, 6) is -2.44. The number of hydrogen-bond donors (Lipinski definition) is 4. The van der Waals surface area contributed by atoms with Crippen LogP contribution >= 0.6 is 0 Å². The van der Waals surface area contributed by atoms with Crippen molar-refractivity contribution in [2.24, 2.45) is 0 Å². The van der Waals surface area contributed by atoms with Crippen LogP contribution in [0.4, 0.5) is 13.2 Å². The van der Waals surface area contributed by atoms with E-state index < -0.39 is 36.1 Å². The zero-order valence-corrected chi connectivity index (χ0v) is 13.6. The zero-order chi connectivity index (χ0) is 20.0. The first-order valence-electron chi connectivity index (χ1n) is 7.55. The third-order valence-corrected chi connectivity index (χ3v) is 3.49. The Balaban J connectivity index is 2.15. The lowest BCUT2D eigenvalue weighted by Crippen LogP contribution is -2.49. The van der Waals surface area contributed by atoms with Gasteiger partial charge in [0.1, 0.15) is 17.9 Å². The van der Waals surface area contributed by atoms with Gasteiger partial charge in [0.15, 0.2) is 0 Å². The highest BCUT2D eigenvalue weighted by Crippen LogP contribution is 2.23. The van der Waals surface area contributed by atoms with Crippen molar-refractivity contribution in [3.8, 4) is 5.75 Å². The number of amides is 2. The van der Waals surface area contributed by atoms with Gasteiger partial charge in [0.2, 0.25) is 0 Å². The Kier molecular flexibility index (Phi) is 6.37. The van der Waals surface area contributed by atoms with Gasteiger partial charge < -0.3 is 15.2 Å². The average molecular weight is 384 g/mol. The van der Waals surface area contributed by atoms with Crippen molar-refractivity contribution in [3.05, 3.63) is 65.7 Å². The number of aliphatic hydroxyl groups is 1. The van der Waals surface area contributed by atoms with E-state index in [1.807, 2.05) is 0 Å². The van der Waals surface area contributed by atoms with E-state index >= 15 is 0 Å². The summed E-state index contributed by atoms with van der Waals surface area (Å²) in [5, 5.41) is 21.4. The molecule has 0 aliphatic carbocycles. The number of rotatable bonds is 6. The molecule has 2 aromatic rings. The second-order valence-electron chi connectivity index (χ2n) is 5.35. The van der Waals surface area contributed by atoms with E-state index in [0.717, 1.165) is 24.3 Å². The van der Waals surface area contributed by atoms with Gasteiger partial charge in [-0.3, -0.25) is 14.8 Å². The minimum absolute atomic E-state index is 0.0828. The Labute approximate surface area is 151 Å². The topological polar surface area (TPSA) is 108 Å². The fourth-order valence-electron chi connectivity index (χ4n) is 2.23. The van der Waals surface area contributed by atoms with Crippen LogP contribution in [0, 0.1) is 0 Å². The molecule has 2 amide bonds. The minimum atomic E-state index is -4.87. The standard InChI is InChI=1S/C17H15F3N2O5/c18-17(19,20)27-12-8-6-11(7-9-12)15(24)21-13(16(25)22-26)14(23)10-4-2-1-3-5-10/h1-9,13-14,23,26H,(H,21,24)(H,22,25). The molecule has 0 aliphatic heterocycles. The van der Waals surface area contributed by atoms with Crippen LogP contribution < -0.4 is 15.5 Å². The molecule has 0 aliphatic rings. The van der Waals surface area contributed by atoms with Crippen molar-refractivity contribution in [3.63, 3.8) is 0 Å². The molecule has 7 nitrogen and oxygen atoms in total. The number of carbonyl (C=O) groups excluding carboxylic acids is 2. The number of aliphatic hydroxyl groups excluding tert-OH is 1. The summed E-state index contributed by atoms with van der Waals surface area (Å²) in [5.41, 5.74) is 1.57. The Morgan fingerprint density at radius 3 is 2.11 bits per heavy atom. The largest absolute Gasteiger partial charge is 0.573 e. The van der Waals surface area contributed by atoms with E-state index in [0.29, 0.717) is 5.56 Å². The number of ether oxygens (including phenoxy) is 1. The summed E-state index contributed by atoms with van der Waals surface area (Å²) in [6, 6.07) is 10.3. The molecular formula is C17H15F3N2O5. The van der Waals surface area contributed by atoms with Crippen molar-refractivity contribution < 1.29 is 37.8 Å². The molecule has 0 saturated carbocycles. The van der Waals surface area contributed by atoms with Crippen LogP contribution in [-0.2, 0) is 4.79 Å². The number of hydrogen-bond acceptors (Lipinski definition) is 5. The lowest BCUT2D eigenvalue weighted by atomic mass is 10.0. The summed E-state index contributed by atoms with van der Waals surface area (Å²) in [6.07, 6.45) is -6.34. The molecule has 0 spiro atoms. The summed E-state index contributed by atoms with van der Waals surface area (Å²) >= 11 is 0. The first-order chi connectivity index (χ1) is 12.7. The molecule has 2 unspecified atom stereocenters. The molecule has 0 fully saturated rings. The molecule has 2 aromatic carbocycles. The monoisotopic (exact) mass is 384 g/mol. The molecule has 144 valence electrons. The molecule has 0 heterocycles. The third kappa shape index (κ3) is 5.69. The van der Waals surface area contributed by atoms with Crippen LogP contribution in [0.1, 0.15) is 22.0 Å².